The second-order valence-corrected chi connectivity index (χ2v) is 24.2. The number of hydrogen-bond acceptors (Lipinski definition) is 6. The van der Waals surface area contributed by atoms with Crippen LogP contribution < -0.4 is 10.2 Å². The predicted octanol–water partition coefficient (Wildman–Crippen LogP) is 18.4. The summed E-state index contributed by atoms with van der Waals surface area (Å²) in [5, 5.41) is 14.0. The highest BCUT2D eigenvalue weighted by molar-refractivity contribution is 7.45. The van der Waals surface area contributed by atoms with Crippen LogP contribution in [0.4, 0.5) is 0 Å². The lowest BCUT2D eigenvalue weighted by atomic mass is 10.0. The van der Waals surface area contributed by atoms with Gasteiger partial charge in [-0.1, -0.05) is 289 Å². The third-order valence-corrected chi connectivity index (χ3v) is 15.5. The van der Waals surface area contributed by atoms with Gasteiger partial charge < -0.3 is 28.8 Å². The van der Waals surface area contributed by atoms with Crippen LogP contribution in [-0.2, 0) is 18.4 Å². The van der Waals surface area contributed by atoms with Crippen LogP contribution in [0, 0.1) is 0 Å². The number of quaternary nitrogens is 1. The highest BCUT2D eigenvalue weighted by Crippen LogP contribution is 2.38. The summed E-state index contributed by atoms with van der Waals surface area (Å²) in [5.41, 5.74) is 0. The molecule has 0 aromatic carbocycles. The predicted molar refractivity (Wildman–Crippen MR) is 302 cm³/mol. The van der Waals surface area contributed by atoms with Gasteiger partial charge in [0.25, 0.3) is 7.82 Å². The molecule has 0 saturated heterocycles. The number of unbranched alkanes of at least 4 members (excludes halogenated alkanes) is 43. The summed E-state index contributed by atoms with van der Waals surface area (Å²) in [4.78, 5) is 25.5. The Labute approximate surface area is 437 Å². The Balaban J connectivity index is 4.04. The molecule has 0 heterocycles. The second kappa shape index (κ2) is 53.1. The van der Waals surface area contributed by atoms with Crippen LogP contribution in [0.2, 0.25) is 0 Å². The highest BCUT2D eigenvalue weighted by Gasteiger charge is 2.24. The quantitative estimate of drug-likeness (QED) is 0.0272. The molecular formula is C61H123N2O6P. The number of aliphatic hydroxyl groups excluding tert-OH is 1. The third kappa shape index (κ3) is 55.0. The Kier molecular flexibility index (Phi) is 52.5. The van der Waals surface area contributed by atoms with Crippen LogP contribution in [0.25, 0.3) is 0 Å². The third-order valence-electron chi connectivity index (χ3n) is 14.5. The normalized spacial score (nSPS) is 13.9. The first-order valence-electron chi connectivity index (χ1n) is 31.0. The van der Waals surface area contributed by atoms with E-state index < -0.39 is 20.0 Å². The number of carbonyl (C=O) groups is 1. The molecule has 1 amide bonds. The van der Waals surface area contributed by atoms with E-state index in [1.165, 1.54) is 257 Å². The summed E-state index contributed by atoms with van der Waals surface area (Å²) in [6.07, 6.45) is 65.5. The molecular weight excluding hydrogens is 888 g/mol. The summed E-state index contributed by atoms with van der Waals surface area (Å²) < 4.78 is 23.5. The number of rotatable bonds is 58. The van der Waals surface area contributed by atoms with E-state index in [-0.39, 0.29) is 19.1 Å². The average Bonchev–Trinajstić information content (AvgIpc) is 3.32. The maximum atomic E-state index is 13.0. The summed E-state index contributed by atoms with van der Waals surface area (Å²) in [5.74, 6) is -0.164. The summed E-state index contributed by atoms with van der Waals surface area (Å²) >= 11 is 0. The molecule has 0 aromatic rings. The van der Waals surface area contributed by atoms with E-state index in [4.69, 9.17) is 9.05 Å². The monoisotopic (exact) mass is 1010 g/mol. The van der Waals surface area contributed by atoms with Gasteiger partial charge >= 0.3 is 0 Å². The van der Waals surface area contributed by atoms with Gasteiger partial charge in [0.1, 0.15) is 13.2 Å². The average molecular weight is 1010 g/mol. The van der Waals surface area contributed by atoms with Crippen molar-refractivity contribution in [3.05, 3.63) is 12.2 Å². The zero-order valence-electron chi connectivity index (χ0n) is 47.8. The molecule has 0 aliphatic carbocycles. The Morgan fingerprint density at radius 3 is 1.11 bits per heavy atom. The molecule has 0 rings (SSSR count). The fourth-order valence-electron chi connectivity index (χ4n) is 9.63. The summed E-state index contributed by atoms with van der Waals surface area (Å²) in [7, 11) is 1.32. The molecule has 0 fully saturated rings. The van der Waals surface area contributed by atoms with E-state index in [1.807, 2.05) is 21.1 Å². The van der Waals surface area contributed by atoms with Gasteiger partial charge in [-0.25, -0.2) is 0 Å². The number of amides is 1. The van der Waals surface area contributed by atoms with Crippen LogP contribution >= 0.6 is 7.82 Å². The first-order valence-corrected chi connectivity index (χ1v) is 32.5. The van der Waals surface area contributed by atoms with Gasteiger partial charge in [-0.3, -0.25) is 9.36 Å². The van der Waals surface area contributed by atoms with Crippen molar-refractivity contribution in [2.75, 3.05) is 40.9 Å². The number of nitrogens with zero attached hydrogens (tertiary/aromatic N) is 1. The molecule has 3 unspecified atom stereocenters. The van der Waals surface area contributed by atoms with Crippen molar-refractivity contribution in [2.24, 2.45) is 0 Å². The van der Waals surface area contributed by atoms with Gasteiger partial charge in [0.15, 0.2) is 0 Å². The molecule has 8 nitrogen and oxygen atoms in total. The molecule has 0 aliphatic heterocycles. The number of aliphatic hydroxyl groups is 1. The zero-order valence-corrected chi connectivity index (χ0v) is 48.6. The molecule has 2 N–H and O–H groups in total. The smallest absolute Gasteiger partial charge is 0.268 e. The molecule has 418 valence electrons. The number of carbonyl (C=O) groups excluding carboxylic acids is 1. The van der Waals surface area contributed by atoms with Gasteiger partial charge in [0.2, 0.25) is 5.91 Å². The molecule has 3 atom stereocenters. The fraction of sp³-hybridized carbons (Fsp3) is 0.951. The number of likely N-dealkylation sites (N-methyl/N-ethyl adjacent to an activating group) is 1. The minimum Gasteiger partial charge on any atom is -0.756 e. The van der Waals surface area contributed by atoms with Crippen molar-refractivity contribution in [3.63, 3.8) is 0 Å². The van der Waals surface area contributed by atoms with E-state index >= 15 is 0 Å². The van der Waals surface area contributed by atoms with E-state index in [1.54, 1.807) is 0 Å². The van der Waals surface area contributed by atoms with Gasteiger partial charge in [0.05, 0.1) is 39.9 Å². The first-order chi connectivity index (χ1) is 34.0. The van der Waals surface area contributed by atoms with Crippen molar-refractivity contribution < 1.29 is 32.9 Å². The second-order valence-electron chi connectivity index (χ2n) is 22.8. The number of allylic oxidation sites excluding steroid dienone is 2. The molecule has 0 aliphatic rings. The molecule has 0 bridgehead atoms. The molecule has 0 radical (unpaired) electrons. The van der Waals surface area contributed by atoms with Crippen LogP contribution in [0.5, 0.6) is 0 Å². The molecule has 9 heteroatoms. The molecule has 70 heavy (non-hydrogen) atoms. The van der Waals surface area contributed by atoms with Crippen LogP contribution in [0.1, 0.15) is 322 Å². The zero-order chi connectivity index (χ0) is 51.3. The molecule has 0 aromatic heterocycles. The number of phosphoric ester groups is 1. The van der Waals surface area contributed by atoms with E-state index in [2.05, 4.69) is 31.3 Å². The van der Waals surface area contributed by atoms with Crippen molar-refractivity contribution in [1.29, 1.82) is 0 Å². The standard InChI is InChI=1S/C61H123N2O6P/c1-6-8-10-12-14-16-18-20-22-24-26-27-28-29-30-31-32-33-34-35-36-37-38-40-42-44-46-48-50-52-54-60(64)59(58-69-70(66,67)68-57-56-63(3,4)5)62-61(65)55-53-51-49-47-45-43-41-39-25-23-21-19-17-15-13-11-9-7-2/h23,25,59-60,64H,6-22,24,26-58H2,1-5H3,(H-,62,65,66,67)/b25-23-. The van der Waals surface area contributed by atoms with Crippen LogP contribution in [-0.4, -0.2) is 68.5 Å². The van der Waals surface area contributed by atoms with Crippen molar-refractivity contribution in [1.82, 2.24) is 5.32 Å². The topological polar surface area (TPSA) is 108 Å². The van der Waals surface area contributed by atoms with Crippen molar-refractivity contribution in [2.45, 2.75) is 334 Å². The Hall–Kier alpha value is -0.760. The maximum absolute atomic E-state index is 13.0. The van der Waals surface area contributed by atoms with Gasteiger partial charge in [0, 0.05) is 6.42 Å². The van der Waals surface area contributed by atoms with E-state index in [0.717, 1.165) is 38.5 Å². The SMILES string of the molecule is CCCCCCCCC/C=C\CCCCCCCCCC(=O)NC(COP(=O)([O-])OCC[N+](C)(C)C)C(O)CCCCCCCCCCCCCCCCCCCCCCCCCCCCCCCC. The van der Waals surface area contributed by atoms with Crippen molar-refractivity contribution >= 4 is 13.7 Å². The number of hydrogen-bond donors (Lipinski definition) is 2. The van der Waals surface area contributed by atoms with Crippen LogP contribution in [0.15, 0.2) is 12.2 Å². The lowest BCUT2D eigenvalue weighted by Gasteiger charge is -2.30. The largest absolute Gasteiger partial charge is 0.756 e. The maximum Gasteiger partial charge on any atom is 0.268 e. The molecule has 0 saturated carbocycles. The Bertz CT molecular complexity index is 1150. The number of nitrogens with one attached hydrogen (secondary N) is 1. The lowest BCUT2D eigenvalue weighted by Crippen LogP contribution is -2.46. The Morgan fingerprint density at radius 1 is 0.486 bits per heavy atom. The van der Waals surface area contributed by atoms with Gasteiger partial charge in [-0.2, -0.15) is 0 Å². The minimum absolute atomic E-state index is 0.0138. The van der Waals surface area contributed by atoms with E-state index in [9.17, 15) is 19.4 Å². The van der Waals surface area contributed by atoms with E-state index in [0.29, 0.717) is 23.9 Å². The van der Waals surface area contributed by atoms with Gasteiger partial charge in [-0.15, -0.1) is 0 Å². The summed E-state index contributed by atoms with van der Waals surface area (Å²) in [6, 6.07) is -0.801. The first kappa shape index (κ1) is 69.2. The fourth-order valence-corrected chi connectivity index (χ4v) is 10.4. The Morgan fingerprint density at radius 2 is 0.786 bits per heavy atom. The summed E-state index contributed by atoms with van der Waals surface area (Å²) in [6.45, 7) is 4.77. The highest BCUT2D eigenvalue weighted by atomic mass is 31.2. The minimum atomic E-state index is -4.57. The molecule has 0 spiro atoms. The van der Waals surface area contributed by atoms with Gasteiger partial charge in [-0.05, 0) is 38.5 Å². The van der Waals surface area contributed by atoms with Crippen LogP contribution in [0.3, 0.4) is 0 Å². The van der Waals surface area contributed by atoms with Crippen molar-refractivity contribution in [3.8, 4) is 0 Å². The lowest BCUT2D eigenvalue weighted by molar-refractivity contribution is -0.870. The number of phosphoric acid groups is 1.